The van der Waals surface area contributed by atoms with Gasteiger partial charge < -0.3 is 10.5 Å². The Balaban J connectivity index is 1.86. The molecule has 1 aromatic rings. The van der Waals surface area contributed by atoms with Crippen LogP contribution in [0.5, 0.6) is 0 Å². The number of hydrogen-bond acceptors (Lipinski definition) is 4. The van der Waals surface area contributed by atoms with Crippen LogP contribution in [0.3, 0.4) is 0 Å². The summed E-state index contributed by atoms with van der Waals surface area (Å²) in [5, 5.41) is 2.08. The largest absolute Gasteiger partial charge is 0.376 e. The summed E-state index contributed by atoms with van der Waals surface area (Å²) in [5.74, 6) is 0. The molecule has 0 aromatic carbocycles. The van der Waals surface area contributed by atoms with Gasteiger partial charge in [0.25, 0.3) is 0 Å². The molecular formula is C11H18N2OS. The van der Waals surface area contributed by atoms with E-state index in [1.54, 1.807) is 11.3 Å². The van der Waals surface area contributed by atoms with Crippen LogP contribution in [0.1, 0.15) is 17.8 Å². The number of hydrogen-bond donors (Lipinski definition) is 1. The van der Waals surface area contributed by atoms with Crippen molar-refractivity contribution >= 4 is 11.3 Å². The Bertz CT molecular complexity index is 289. The van der Waals surface area contributed by atoms with E-state index in [0.717, 1.165) is 26.2 Å². The summed E-state index contributed by atoms with van der Waals surface area (Å²) in [5.41, 5.74) is 6.14. The maximum absolute atomic E-state index is 6.14. The van der Waals surface area contributed by atoms with E-state index in [4.69, 9.17) is 10.5 Å². The average Bonchev–Trinajstić information content (AvgIpc) is 2.70. The van der Waals surface area contributed by atoms with Crippen molar-refractivity contribution in [3.8, 4) is 0 Å². The zero-order valence-corrected chi connectivity index (χ0v) is 9.87. The van der Waals surface area contributed by atoms with Crippen molar-refractivity contribution in [3.63, 3.8) is 0 Å². The van der Waals surface area contributed by atoms with Gasteiger partial charge in [-0.05, 0) is 18.4 Å². The quantitative estimate of drug-likeness (QED) is 0.848. The first-order valence-electron chi connectivity index (χ1n) is 5.38. The van der Waals surface area contributed by atoms with Crippen molar-refractivity contribution in [2.45, 2.75) is 19.1 Å². The monoisotopic (exact) mass is 226 g/mol. The first kappa shape index (κ1) is 11.1. The Labute approximate surface area is 94.8 Å². The molecule has 1 aliphatic rings. The molecule has 1 fully saturated rings. The van der Waals surface area contributed by atoms with E-state index in [0.29, 0.717) is 6.10 Å². The van der Waals surface area contributed by atoms with Crippen LogP contribution in [0.4, 0.5) is 0 Å². The van der Waals surface area contributed by atoms with Gasteiger partial charge in [0.2, 0.25) is 0 Å². The van der Waals surface area contributed by atoms with Gasteiger partial charge in [0, 0.05) is 24.5 Å². The average molecular weight is 226 g/mol. The minimum absolute atomic E-state index is 0.148. The van der Waals surface area contributed by atoms with Crippen molar-refractivity contribution in [1.82, 2.24) is 4.90 Å². The Kier molecular flexibility index (Phi) is 3.75. The number of ether oxygens (including phenoxy) is 1. The lowest BCUT2D eigenvalue weighted by Gasteiger charge is -2.32. The molecule has 84 valence electrons. The molecule has 0 radical (unpaired) electrons. The number of morpholine rings is 1. The lowest BCUT2D eigenvalue weighted by Crippen LogP contribution is -2.44. The lowest BCUT2D eigenvalue weighted by atomic mass is 10.2. The van der Waals surface area contributed by atoms with Gasteiger partial charge in [0.1, 0.15) is 0 Å². The molecule has 2 atom stereocenters. The van der Waals surface area contributed by atoms with Gasteiger partial charge in [0.05, 0.1) is 18.8 Å². The SMILES string of the molecule is CC1CN(CC(N)c2cccs2)CCO1. The van der Waals surface area contributed by atoms with Gasteiger partial charge in [-0.15, -0.1) is 11.3 Å². The number of rotatable bonds is 3. The van der Waals surface area contributed by atoms with Crippen LogP contribution < -0.4 is 5.73 Å². The molecule has 4 heteroatoms. The topological polar surface area (TPSA) is 38.5 Å². The van der Waals surface area contributed by atoms with Crippen LogP contribution >= 0.6 is 11.3 Å². The Morgan fingerprint density at radius 1 is 1.73 bits per heavy atom. The summed E-state index contributed by atoms with van der Waals surface area (Å²) >= 11 is 1.74. The van der Waals surface area contributed by atoms with Gasteiger partial charge in [0.15, 0.2) is 0 Å². The van der Waals surface area contributed by atoms with E-state index >= 15 is 0 Å². The van der Waals surface area contributed by atoms with Crippen LogP contribution in [-0.4, -0.2) is 37.2 Å². The minimum Gasteiger partial charge on any atom is -0.376 e. The molecule has 0 saturated carbocycles. The molecule has 1 aliphatic heterocycles. The van der Waals surface area contributed by atoms with E-state index in [1.165, 1.54) is 4.88 Å². The standard InChI is InChI=1S/C11H18N2OS/c1-9-7-13(4-5-14-9)8-10(12)11-3-2-6-15-11/h2-3,6,9-10H,4-5,7-8,12H2,1H3. The molecule has 0 amide bonds. The molecular weight excluding hydrogens is 208 g/mol. The lowest BCUT2D eigenvalue weighted by molar-refractivity contribution is -0.0198. The third kappa shape index (κ3) is 3.01. The zero-order chi connectivity index (χ0) is 10.7. The highest BCUT2D eigenvalue weighted by atomic mass is 32.1. The van der Waals surface area contributed by atoms with Gasteiger partial charge in [-0.25, -0.2) is 0 Å². The van der Waals surface area contributed by atoms with Gasteiger partial charge in [-0.1, -0.05) is 6.07 Å². The third-order valence-corrected chi connectivity index (χ3v) is 3.69. The summed E-state index contributed by atoms with van der Waals surface area (Å²) in [6.45, 7) is 5.89. The van der Waals surface area contributed by atoms with Gasteiger partial charge in [-0.3, -0.25) is 4.90 Å². The Morgan fingerprint density at radius 3 is 3.27 bits per heavy atom. The molecule has 1 aromatic heterocycles. The van der Waals surface area contributed by atoms with Gasteiger partial charge >= 0.3 is 0 Å². The molecule has 3 nitrogen and oxygen atoms in total. The second-order valence-corrected chi connectivity index (χ2v) is 5.04. The van der Waals surface area contributed by atoms with E-state index in [2.05, 4.69) is 29.3 Å². The number of nitrogens with two attached hydrogens (primary N) is 1. The normalized spacial score (nSPS) is 25.3. The second-order valence-electron chi connectivity index (χ2n) is 4.06. The van der Waals surface area contributed by atoms with Crippen molar-refractivity contribution in [2.24, 2.45) is 5.73 Å². The predicted molar refractivity (Wildman–Crippen MR) is 63.1 cm³/mol. The van der Waals surface area contributed by atoms with E-state index in [9.17, 15) is 0 Å². The van der Waals surface area contributed by atoms with Gasteiger partial charge in [-0.2, -0.15) is 0 Å². The fourth-order valence-corrected chi connectivity index (χ4v) is 2.65. The highest BCUT2D eigenvalue weighted by Gasteiger charge is 2.19. The van der Waals surface area contributed by atoms with E-state index in [-0.39, 0.29) is 6.04 Å². The zero-order valence-electron chi connectivity index (χ0n) is 9.06. The fraction of sp³-hybridized carbons (Fsp3) is 0.636. The highest BCUT2D eigenvalue weighted by Crippen LogP contribution is 2.18. The van der Waals surface area contributed by atoms with Crippen LogP contribution in [0, 0.1) is 0 Å². The Morgan fingerprint density at radius 2 is 2.60 bits per heavy atom. The molecule has 2 unspecified atom stereocenters. The molecule has 2 heterocycles. The van der Waals surface area contributed by atoms with Crippen LogP contribution in [0.2, 0.25) is 0 Å². The first-order chi connectivity index (χ1) is 7.25. The van der Waals surface area contributed by atoms with E-state index < -0.39 is 0 Å². The molecule has 1 saturated heterocycles. The molecule has 0 bridgehead atoms. The molecule has 0 spiro atoms. The second kappa shape index (κ2) is 5.07. The highest BCUT2D eigenvalue weighted by molar-refractivity contribution is 7.10. The Hall–Kier alpha value is -0.420. The first-order valence-corrected chi connectivity index (χ1v) is 6.26. The molecule has 15 heavy (non-hydrogen) atoms. The van der Waals surface area contributed by atoms with Crippen molar-refractivity contribution < 1.29 is 4.74 Å². The van der Waals surface area contributed by atoms with Crippen molar-refractivity contribution in [1.29, 1.82) is 0 Å². The number of thiophene rings is 1. The molecule has 2 N–H and O–H groups in total. The summed E-state index contributed by atoms with van der Waals surface area (Å²) in [6.07, 6.45) is 0.342. The van der Waals surface area contributed by atoms with E-state index in [1.807, 2.05) is 0 Å². The summed E-state index contributed by atoms with van der Waals surface area (Å²) < 4.78 is 5.50. The summed E-state index contributed by atoms with van der Waals surface area (Å²) in [4.78, 5) is 3.66. The number of nitrogens with zero attached hydrogens (tertiary/aromatic N) is 1. The van der Waals surface area contributed by atoms with Crippen LogP contribution in [0.25, 0.3) is 0 Å². The van der Waals surface area contributed by atoms with Crippen molar-refractivity contribution in [2.75, 3.05) is 26.2 Å². The third-order valence-electron chi connectivity index (χ3n) is 2.69. The van der Waals surface area contributed by atoms with Crippen LogP contribution in [0.15, 0.2) is 17.5 Å². The maximum Gasteiger partial charge on any atom is 0.0674 e. The predicted octanol–water partition coefficient (Wildman–Crippen LogP) is 1.47. The molecule has 0 aliphatic carbocycles. The summed E-state index contributed by atoms with van der Waals surface area (Å²) in [7, 11) is 0. The van der Waals surface area contributed by atoms with Crippen molar-refractivity contribution in [3.05, 3.63) is 22.4 Å². The van der Waals surface area contributed by atoms with Crippen LogP contribution in [-0.2, 0) is 4.74 Å². The maximum atomic E-state index is 6.14. The fourth-order valence-electron chi connectivity index (χ4n) is 1.93. The summed E-state index contributed by atoms with van der Waals surface area (Å²) in [6, 6.07) is 4.32. The smallest absolute Gasteiger partial charge is 0.0674 e. The minimum atomic E-state index is 0.148. The molecule has 2 rings (SSSR count).